The Balaban J connectivity index is 1.80. The molecule has 0 fully saturated rings. The smallest absolute Gasteiger partial charge is 0.230 e. The van der Waals surface area contributed by atoms with E-state index in [2.05, 4.69) is 10.4 Å². The van der Waals surface area contributed by atoms with E-state index in [0.29, 0.717) is 13.1 Å². The van der Waals surface area contributed by atoms with Crippen LogP contribution in [0.1, 0.15) is 22.7 Å². The van der Waals surface area contributed by atoms with Crippen LogP contribution in [0.15, 0.2) is 30.5 Å². The van der Waals surface area contributed by atoms with Crippen molar-refractivity contribution in [2.24, 2.45) is 7.05 Å². The average Bonchev–Trinajstić information content (AvgIpc) is 2.95. The SMILES string of the molecule is CNC(=O)[C@H]1CN(C(=O)Cc2ccc(F)cc2)Cc2cn(C)nc21. The van der Waals surface area contributed by atoms with E-state index in [1.54, 1.807) is 35.8 Å². The molecule has 6 nitrogen and oxygen atoms in total. The molecule has 1 aromatic carbocycles. The summed E-state index contributed by atoms with van der Waals surface area (Å²) >= 11 is 0. The molecule has 1 atom stereocenters. The predicted molar refractivity (Wildman–Crippen MR) is 85.5 cm³/mol. The Hall–Kier alpha value is -2.70. The number of aryl methyl sites for hydroxylation is 1. The number of fused-ring (bicyclic) bond motifs is 1. The van der Waals surface area contributed by atoms with E-state index in [4.69, 9.17) is 0 Å². The maximum Gasteiger partial charge on any atom is 0.230 e. The van der Waals surface area contributed by atoms with Crippen LogP contribution in [-0.2, 0) is 29.6 Å². The van der Waals surface area contributed by atoms with Crippen molar-refractivity contribution in [2.75, 3.05) is 13.6 Å². The zero-order valence-electron chi connectivity index (χ0n) is 13.6. The van der Waals surface area contributed by atoms with Crippen LogP contribution in [0.3, 0.4) is 0 Å². The second-order valence-corrected chi connectivity index (χ2v) is 5.96. The highest BCUT2D eigenvalue weighted by atomic mass is 19.1. The van der Waals surface area contributed by atoms with Crippen molar-refractivity contribution in [1.29, 1.82) is 0 Å². The van der Waals surface area contributed by atoms with Crippen LogP contribution in [0.5, 0.6) is 0 Å². The van der Waals surface area contributed by atoms with E-state index in [-0.39, 0.29) is 24.1 Å². The molecule has 7 heteroatoms. The minimum absolute atomic E-state index is 0.0926. The Labute approximate surface area is 139 Å². The summed E-state index contributed by atoms with van der Waals surface area (Å²) in [5.41, 5.74) is 2.35. The fourth-order valence-electron chi connectivity index (χ4n) is 3.01. The summed E-state index contributed by atoms with van der Waals surface area (Å²) in [5, 5.41) is 7.00. The van der Waals surface area contributed by atoms with Crippen LogP contribution in [0.4, 0.5) is 4.39 Å². The molecule has 0 bridgehead atoms. The van der Waals surface area contributed by atoms with Gasteiger partial charge in [0.15, 0.2) is 0 Å². The number of nitrogens with one attached hydrogen (secondary N) is 1. The molecule has 2 aromatic rings. The third kappa shape index (κ3) is 3.15. The van der Waals surface area contributed by atoms with Gasteiger partial charge >= 0.3 is 0 Å². The fraction of sp³-hybridized carbons (Fsp3) is 0.353. The van der Waals surface area contributed by atoms with Crippen molar-refractivity contribution in [1.82, 2.24) is 20.0 Å². The lowest BCUT2D eigenvalue weighted by atomic mass is 9.95. The highest BCUT2D eigenvalue weighted by molar-refractivity contribution is 5.86. The molecule has 126 valence electrons. The van der Waals surface area contributed by atoms with Gasteiger partial charge in [-0.15, -0.1) is 0 Å². The Morgan fingerprint density at radius 2 is 2.04 bits per heavy atom. The number of rotatable bonds is 3. The van der Waals surface area contributed by atoms with Gasteiger partial charge in [-0.2, -0.15) is 5.10 Å². The molecule has 0 saturated carbocycles. The molecule has 1 aliphatic rings. The van der Waals surface area contributed by atoms with E-state index in [1.807, 2.05) is 6.20 Å². The molecular formula is C17H19FN4O2. The number of benzene rings is 1. The van der Waals surface area contributed by atoms with E-state index in [0.717, 1.165) is 16.8 Å². The number of hydrogen-bond donors (Lipinski definition) is 1. The van der Waals surface area contributed by atoms with Gasteiger partial charge in [-0.1, -0.05) is 12.1 Å². The summed E-state index contributed by atoms with van der Waals surface area (Å²) in [7, 11) is 3.37. The number of aromatic nitrogens is 2. The van der Waals surface area contributed by atoms with Crippen molar-refractivity contribution in [2.45, 2.75) is 18.9 Å². The Morgan fingerprint density at radius 1 is 1.33 bits per heavy atom. The van der Waals surface area contributed by atoms with E-state index in [9.17, 15) is 14.0 Å². The van der Waals surface area contributed by atoms with E-state index >= 15 is 0 Å². The second kappa shape index (κ2) is 6.43. The quantitative estimate of drug-likeness (QED) is 0.912. The molecule has 0 aliphatic carbocycles. The molecule has 1 aliphatic heterocycles. The van der Waals surface area contributed by atoms with Crippen LogP contribution in [-0.4, -0.2) is 40.1 Å². The lowest BCUT2D eigenvalue weighted by Gasteiger charge is -2.31. The molecule has 3 rings (SSSR count). The van der Waals surface area contributed by atoms with Gasteiger partial charge in [0.25, 0.3) is 0 Å². The summed E-state index contributed by atoms with van der Waals surface area (Å²) in [6.07, 6.45) is 2.01. The number of amides is 2. The Bertz CT molecular complexity index is 769. The monoisotopic (exact) mass is 330 g/mol. The maximum atomic E-state index is 13.0. The fourth-order valence-corrected chi connectivity index (χ4v) is 3.01. The zero-order chi connectivity index (χ0) is 17.3. The van der Waals surface area contributed by atoms with Gasteiger partial charge in [0.05, 0.1) is 18.0 Å². The first-order chi connectivity index (χ1) is 11.5. The summed E-state index contributed by atoms with van der Waals surface area (Å²) in [5.74, 6) is -1.06. The first kappa shape index (κ1) is 16.2. The molecule has 0 radical (unpaired) electrons. The number of nitrogens with zero attached hydrogens (tertiary/aromatic N) is 3. The van der Waals surface area contributed by atoms with Gasteiger partial charge in [-0.25, -0.2) is 4.39 Å². The zero-order valence-corrected chi connectivity index (χ0v) is 13.6. The van der Waals surface area contributed by atoms with Crippen LogP contribution in [0.25, 0.3) is 0 Å². The van der Waals surface area contributed by atoms with Gasteiger partial charge in [0.1, 0.15) is 5.82 Å². The molecule has 1 N–H and O–H groups in total. The van der Waals surface area contributed by atoms with Gasteiger partial charge in [0.2, 0.25) is 11.8 Å². The van der Waals surface area contributed by atoms with Crippen molar-refractivity contribution < 1.29 is 14.0 Å². The number of halogens is 1. The summed E-state index contributed by atoms with van der Waals surface area (Å²) < 4.78 is 14.6. The summed E-state index contributed by atoms with van der Waals surface area (Å²) in [6.45, 7) is 0.723. The van der Waals surface area contributed by atoms with Crippen LogP contribution < -0.4 is 5.32 Å². The lowest BCUT2D eigenvalue weighted by Crippen LogP contribution is -2.43. The number of likely N-dealkylation sites (N-methyl/N-ethyl adjacent to an activating group) is 1. The van der Waals surface area contributed by atoms with E-state index in [1.165, 1.54) is 12.1 Å². The molecule has 2 heterocycles. The molecule has 2 amide bonds. The van der Waals surface area contributed by atoms with Crippen LogP contribution >= 0.6 is 0 Å². The normalized spacial score (nSPS) is 16.6. The highest BCUT2D eigenvalue weighted by Crippen LogP contribution is 2.27. The Kier molecular flexibility index (Phi) is 4.33. The maximum absolute atomic E-state index is 13.0. The Morgan fingerprint density at radius 3 is 2.71 bits per heavy atom. The topological polar surface area (TPSA) is 67.2 Å². The van der Waals surface area contributed by atoms with Crippen LogP contribution in [0.2, 0.25) is 0 Å². The van der Waals surface area contributed by atoms with Gasteiger partial charge in [0, 0.05) is 38.9 Å². The minimum atomic E-state index is -0.475. The third-order valence-electron chi connectivity index (χ3n) is 4.22. The molecule has 0 saturated heterocycles. The highest BCUT2D eigenvalue weighted by Gasteiger charge is 2.34. The predicted octanol–water partition coefficient (Wildman–Crippen LogP) is 0.974. The van der Waals surface area contributed by atoms with Crippen LogP contribution in [0, 0.1) is 5.82 Å². The molecular weight excluding hydrogens is 311 g/mol. The summed E-state index contributed by atoms with van der Waals surface area (Å²) in [4.78, 5) is 26.4. The summed E-state index contributed by atoms with van der Waals surface area (Å²) in [6, 6.07) is 5.88. The molecule has 1 aromatic heterocycles. The van der Waals surface area contributed by atoms with E-state index < -0.39 is 5.92 Å². The molecule has 0 unspecified atom stereocenters. The van der Waals surface area contributed by atoms with Crippen molar-refractivity contribution in [3.05, 3.63) is 53.1 Å². The van der Waals surface area contributed by atoms with Gasteiger partial charge < -0.3 is 10.2 Å². The second-order valence-electron chi connectivity index (χ2n) is 5.96. The molecule has 24 heavy (non-hydrogen) atoms. The van der Waals surface area contributed by atoms with Gasteiger partial charge in [-0.05, 0) is 17.7 Å². The standard InChI is InChI=1S/C17H19FN4O2/c1-19-17(24)14-10-22(9-12-8-21(2)20-16(12)14)15(23)7-11-3-5-13(18)6-4-11/h3-6,8,14H,7,9-10H2,1-2H3,(H,19,24)/t14-/m0/s1. The minimum Gasteiger partial charge on any atom is -0.359 e. The third-order valence-corrected chi connectivity index (χ3v) is 4.22. The average molecular weight is 330 g/mol. The number of carbonyl (C=O) groups is 2. The largest absolute Gasteiger partial charge is 0.359 e. The van der Waals surface area contributed by atoms with Crippen molar-refractivity contribution in [3.8, 4) is 0 Å². The first-order valence-corrected chi connectivity index (χ1v) is 7.74. The first-order valence-electron chi connectivity index (χ1n) is 7.74. The number of carbonyl (C=O) groups excluding carboxylic acids is 2. The number of hydrogen-bond acceptors (Lipinski definition) is 3. The lowest BCUT2D eigenvalue weighted by molar-refractivity contribution is -0.133. The van der Waals surface area contributed by atoms with Crippen molar-refractivity contribution in [3.63, 3.8) is 0 Å². The molecule has 0 spiro atoms. The van der Waals surface area contributed by atoms with Crippen molar-refractivity contribution >= 4 is 11.8 Å². The van der Waals surface area contributed by atoms with Gasteiger partial charge in [-0.3, -0.25) is 14.3 Å².